The van der Waals surface area contributed by atoms with E-state index < -0.39 is 10.9 Å². The van der Waals surface area contributed by atoms with Gasteiger partial charge in [-0.2, -0.15) is 13.2 Å². The molecule has 0 N–H and O–H groups in total. The monoisotopic (exact) mass is 346 g/mol. The maximum atomic E-state index is 12.2. The molecule has 0 spiro atoms. The van der Waals surface area contributed by atoms with E-state index in [1.54, 1.807) is 0 Å². The van der Waals surface area contributed by atoms with Crippen molar-refractivity contribution in [2.75, 3.05) is 0 Å². The molecule has 1 unspecified atom stereocenters. The van der Waals surface area contributed by atoms with Gasteiger partial charge < -0.3 is 0 Å². The standard InChI is InChI=1S/C10H7BrClF3OS/c1-5(16)9(12)7-4-6(2-3-8(7)11)17-10(13,14)15/h2-4,9H,1H3. The van der Waals surface area contributed by atoms with E-state index in [0.717, 1.165) is 0 Å². The zero-order chi connectivity index (χ0) is 13.2. The Labute approximate surface area is 114 Å². The van der Waals surface area contributed by atoms with E-state index in [-0.39, 0.29) is 22.4 Å². The summed E-state index contributed by atoms with van der Waals surface area (Å²) in [7, 11) is 0. The number of ketones is 1. The van der Waals surface area contributed by atoms with Gasteiger partial charge in [0, 0.05) is 9.37 Å². The molecule has 1 nitrogen and oxygen atoms in total. The van der Waals surface area contributed by atoms with E-state index in [0.29, 0.717) is 10.0 Å². The third-order valence-electron chi connectivity index (χ3n) is 1.83. The molecule has 0 saturated heterocycles. The summed E-state index contributed by atoms with van der Waals surface area (Å²) in [6.45, 7) is 1.29. The van der Waals surface area contributed by atoms with Gasteiger partial charge in [-0.05, 0) is 42.4 Å². The minimum atomic E-state index is -4.36. The number of Topliss-reactive ketones (excluding diaryl/α,β-unsaturated/α-hetero) is 1. The molecule has 1 aromatic rings. The van der Waals surface area contributed by atoms with Crippen LogP contribution in [0, 0.1) is 0 Å². The van der Waals surface area contributed by atoms with Crippen molar-refractivity contribution in [3.63, 3.8) is 0 Å². The third kappa shape index (κ3) is 4.52. The van der Waals surface area contributed by atoms with Gasteiger partial charge in [-0.1, -0.05) is 15.9 Å². The summed E-state index contributed by atoms with van der Waals surface area (Å²) >= 11 is 8.73. The number of carbonyl (C=O) groups excluding carboxylic acids is 1. The highest BCUT2D eigenvalue weighted by molar-refractivity contribution is 9.10. The molecule has 1 rings (SSSR count). The highest BCUT2D eigenvalue weighted by Gasteiger charge is 2.30. The van der Waals surface area contributed by atoms with Crippen LogP contribution in [0.15, 0.2) is 27.6 Å². The number of thioether (sulfide) groups is 1. The van der Waals surface area contributed by atoms with Crippen LogP contribution in [-0.2, 0) is 4.79 Å². The lowest BCUT2D eigenvalue weighted by molar-refractivity contribution is -0.116. The van der Waals surface area contributed by atoms with Gasteiger partial charge in [0.05, 0.1) is 0 Å². The minimum Gasteiger partial charge on any atom is -0.298 e. The molecule has 0 amide bonds. The summed E-state index contributed by atoms with van der Waals surface area (Å²) in [6.07, 6.45) is 0. The number of carbonyl (C=O) groups is 1. The number of hydrogen-bond acceptors (Lipinski definition) is 2. The highest BCUT2D eigenvalue weighted by atomic mass is 79.9. The molecule has 0 saturated carbocycles. The van der Waals surface area contributed by atoms with Gasteiger partial charge in [0.2, 0.25) is 0 Å². The molecule has 94 valence electrons. The summed E-state index contributed by atoms with van der Waals surface area (Å²) in [5.74, 6) is -0.318. The van der Waals surface area contributed by atoms with Crippen molar-refractivity contribution in [2.24, 2.45) is 0 Å². The lowest BCUT2D eigenvalue weighted by atomic mass is 10.1. The summed E-state index contributed by atoms with van der Waals surface area (Å²) in [4.78, 5) is 11.1. The van der Waals surface area contributed by atoms with Gasteiger partial charge in [-0.15, -0.1) is 11.6 Å². The van der Waals surface area contributed by atoms with Crippen LogP contribution in [0.2, 0.25) is 0 Å². The molecule has 0 bridgehead atoms. The zero-order valence-corrected chi connectivity index (χ0v) is 11.7. The Balaban J connectivity index is 3.06. The smallest absolute Gasteiger partial charge is 0.298 e. The maximum Gasteiger partial charge on any atom is 0.446 e. The molecule has 0 heterocycles. The van der Waals surface area contributed by atoms with Crippen LogP contribution in [0.25, 0.3) is 0 Å². The van der Waals surface area contributed by atoms with Crippen LogP contribution in [0.3, 0.4) is 0 Å². The van der Waals surface area contributed by atoms with E-state index in [9.17, 15) is 18.0 Å². The SMILES string of the molecule is CC(=O)C(Cl)c1cc(SC(F)(F)F)ccc1Br. The van der Waals surface area contributed by atoms with Crippen molar-refractivity contribution in [2.45, 2.75) is 22.7 Å². The molecule has 0 aromatic heterocycles. The summed E-state index contributed by atoms with van der Waals surface area (Å²) in [5.41, 5.74) is -4.02. The largest absolute Gasteiger partial charge is 0.446 e. The Bertz CT molecular complexity index is 436. The molecular weight excluding hydrogens is 341 g/mol. The summed E-state index contributed by atoms with van der Waals surface area (Å²) < 4.78 is 37.1. The van der Waals surface area contributed by atoms with E-state index in [2.05, 4.69) is 15.9 Å². The minimum absolute atomic E-state index is 0.00241. The first-order chi connectivity index (χ1) is 7.70. The van der Waals surface area contributed by atoms with Gasteiger partial charge >= 0.3 is 5.51 Å². The Morgan fingerprint density at radius 1 is 1.47 bits per heavy atom. The van der Waals surface area contributed by atoms with E-state index in [1.165, 1.54) is 25.1 Å². The highest BCUT2D eigenvalue weighted by Crippen LogP contribution is 2.39. The summed E-state index contributed by atoms with van der Waals surface area (Å²) in [5, 5.41) is -0.946. The fraction of sp³-hybridized carbons (Fsp3) is 0.300. The average molecular weight is 348 g/mol. The average Bonchev–Trinajstić information content (AvgIpc) is 2.17. The van der Waals surface area contributed by atoms with Gasteiger partial charge in [-0.3, -0.25) is 4.79 Å². The Hall–Kier alpha value is -0.200. The first-order valence-corrected chi connectivity index (χ1v) is 6.45. The first kappa shape index (κ1) is 14.9. The Morgan fingerprint density at radius 3 is 2.53 bits per heavy atom. The van der Waals surface area contributed by atoms with Crippen LogP contribution < -0.4 is 0 Å². The number of benzene rings is 1. The van der Waals surface area contributed by atoms with Crippen molar-refractivity contribution >= 4 is 45.1 Å². The maximum absolute atomic E-state index is 12.2. The molecule has 0 fully saturated rings. The van der Waals surface area contributed by atoms with Crippen LogP contribution in [-0.4, -0.2) is 11.3 Å². The topological polar surface area (TPSA) is 17.1 Å². The molecule has 17 heavy (non-hydrogen) atoms. The quantitative estimate of drug-likeness (QED) is 0.569. The van der Waals surface area contributed by atoms with E-state index >= 15 is 0 Å². The molecule has 1 atom stereocenters. The van der Waals surface area contributed by atoms with Crippen LogP contribution in [0.4, 0.5) is 13.2 Å². The van der Waals surface area contributed by atoms with E-state index in [1.807, 2.05) is 0 Å². The van der Waals surface area contributed by atoms with Gasteiger partial charge in [0.25, 0.3) is 0 Å². The van der Waals surface area contributed by atoms with Crippen molar-refractivity contribution in [1.29, 1.82) is 0 Å². The molecule has 7 heteroatoms. The molecular formula is C10H7BrClF3OS. The summed E-state index contributed by atoms with van der Waals surface area (Å²) in [6, 6.07) is 4.03. The zero-order valence-electron chi connectivity index (χ0n) is 8.52. The Kier molecular flexibility index (Phi) is 4.92. The second-order valence-corrected chi connectivity index (χ2v) is 5.63. The van der Waals surface area contributed by atoms with Crippen LogP contribution >= 0.6 is 39.3 Å². The number of rotatable bonds is 3. The number of alkyl halides is 4. The van der Waals surface area contributed by atoms with Crippen molar-refractivity contribution in [3.8, 4) is 0 Å². The van der Waals surface area contributed by atoms with Crippen LogP contribution in [0.1, 0.15) is 17.9 Å². The second kappa shape index (κ2) is 5.63. The van der Waals surface area contributed by atoms with Crippen molar-refractivity contribution in [3.05, 3.63) is 28.2 Å². The van der Waals surface area contributed by atoms with Gasteiger partial charge in [-0.25, -0.2) is 0 Å². The van der Waals surface area contributed by atoms with Crippen molar-refractivity contribution in [1.82, 2.24) is 0 Å². The van der Waals surface area contributed by atoms with Crippen LogP contribution in [0.5, 0.6) is 0 Å². The normalized spacial score (nSPS) is 13.5. The van der Waals surface area contributed by atoms with Gasteiger partial charge in [0.1, 0.15) is 5.38 Å². The second-order valence-electron chi connectivity index (χ2n) is 3.20. The molecule has 0 aliphatic carbocycles. The molecule has 0 aliphatic heterocycles. The lowest BCUT2D eigenvalue weighted by Crippen LogP contribution is -2.04. The fourth-order valence-electron chi connectivity index (χ4n) is 1.13. The lowest BCUT2D eigenvalue weighted by Gasteiger charge is -2.11. The first-order valence-electron chi connectivity index (χ1n) is 4.40. The van der Waals surface area contributed by atoms with E-state index in [4.69, 9.17) is 11.6 Å². The predicted molar refractivity (Wildman–Crippen MR) is 65.3 cm³/mol. The predicted octanol–water partition coefficient (Wildman–Crippen LogP) is 4.93. The fourth-order valence-corrected chi connectivity index (χ4v) is 2.51. The van der Waals surface area contributed by atoms with Gasteiger partial charge in [0.15, 0.2) is 5.78 Å². The third-order valence-corrected chi connectivity index (χ3v) is 3.82. The molecule has 0 radical (unpaired) electrons. The molecule has 0 aliphatic rings. The number of halogens is 5. The Morgan fingerprint density at radius 2 is 2.06 bits per heavy atom. The molecule has 1 aromatic carbocycles. The number of hydrogen-bond donors (Lipinski definition) is 0. The van der Waals surface area contributed by atoms with Crippen molar-refractivity contribution < 1.29 is 18.0 Å².